The van der Waals surface area contributed by atoms with Gasteiger partial charge in [-0.25, -0.2) is 9.97 Å². The monoisotopic (exact) mass is 545 g/mol. The summed E-state index contributed by atoms with van der Waals surface area (Å²) in [5, 5.41) is 12.2. The molecular weight excluding hydrogens is 510 g/mol. The minimum absolute atomic E-state index is 0.0769. The number of carboxylic acid groups (broad SMARTS) is 1. The van der Waals surface area contributed by atoms with E-state index in [0.29, 0.717) is 29.3 Å². The summed E-state index contributed by atoms with van der Waals surface area (Å²) in [4.78, 5) is 36.8. The topological polar surface area (TPSA) is 92.6 Å². The molecule has 3 aliphatic rings. The second kappa shape index (κ2) is 11.5. The Morgan fingerprint density at radius 3 is 2.44 bits per heavy atom. The van der Waals surface area contributed by atoms with E-state index in [-0.39, 0.29) is 18.4 Å². The van der Waals surface area contributed by atoms with Crippen molar-refractivity contribution in [1.82, 2.24) is 9.97 Å². The third-order valence-corrected chi connectivity index (χ3v) is 8.96. The summed E-state index contributed by atoms with van der Waals surface area (Å²) in [5.41, 5.74) is 3.78. The zero-order valence-electron chi connectivity index (χ0n) is 22.1. The fourth-order valence-corrected chi connectivity index (χ4v) is 6.56. The van der Waals surface area contributed by atoms with Gasteiger partial charge < -0.3 is 9.84 Å². The second-order valence-electron chi connectivity index (χ2n) is 11.3. The maximum Gasteiger partial charge on any atom is 0.304 e. The number of amides is 1. The summed E-state index contributed by atoms with van der Waals surface area (Å²) in [6.07, 6.45) is 11.3. The lowest BCUT2D eigenvalue weighted by atomic mass is 9.90. The molecule has 3 fully saturated rings. The van der Waals surface area contributed by atoms with Crippen LogP contribution in [0.3, 0.4) is 0 Å². The van der Waals surface area contributed by atoms with Gasteiger partial charge in [0.05, 0.1) is 18.7 Å². The summed E-state index contributed by atoms with van der Waals surface area (Å²) < 4.78 is 5.80. The number of carboxylic acids is 1. The maximum absolute atomic E-state index is 13.8. The van der Waals surface area contributed by atoms with Gasteiger partial charge in [0.1, 0.15) is 0 Å². The molecule has 3 saturated carbocycles. The Hall–Kier alpha value is -3.26. The van der Waals surface area contributed by atoms with E-state index < -0.39 is 11.9 Å². The van der Waals surface area contributed by atoms with Crippen molar-refractivity contribution in [2.45, 2.75) is 70.3 Å². The fraction of sp³-hybridized carbons (Fsp3) is 0.484. The molecule has 1 N–H and O–H groups in total. The first-order valence-electron chi connectivity index (χ1n) is 14.2. The molecule has 2 heterocycles. The van der Waals surface area contributed by atoms with Crippen molar-refractivity contribution >= 4 is 28.3 Å². The van der Waals surface area contributed by atoms with Gasteiger partial charge in [-0.2, -0.15) is 0 Å². The molecule has 0 aliphatic heterocycles. The summed E-state index contributed by atoms with van der Waals surface area (Å²) in [5.74, 6) is 0.275. The molecule has 6 rings (SSSR count). The van der Waals surface area contributed by atoms with Gasteiger partial charge in [-0.3, -0.25) is 14.5 Å². The highest BCUT2D eigenvalue weighted by Crippen LogP contribution is 2.40. The molecule has 3 aromatic rings. The lowest BCUT2D eigenvalue weighted by Crippen LogP contribution is -2.39. The van der Waals surface area contributed by atoms with Crippen LogP contribution in [0.2, 0.25) is 0 Å². The smallest absolute Gasteiger partial charge is 0.304 e. The van der Waals surface area contributed by atoms with Gasteiger partial charge in [0.25, 0.3) is 0 Å². The zero-order valence-corrected chi connectivity index (χ0v) is 22.9. The van der Waals surface area contributed by atoms with E-state index in [4.69, 9.17) is 9.72 Å². The molecule has 204 valence electrons. The maximum atomic E-state index is 13.8. The van der Waals surface area contributed by atoms with Crippen LogP contribution in [0.15, 0.2) is 48.0 Å². The van der Waals surface area contributed by atoms with E-state index in [9.17, 15) is 14.7 Å². The van der Waals surface area contributed by atoms with Gasteiger partial charge in [-0.05, 0) is 55.6 Å². The Labute approximate surface area is 233 Å². The van der Waals surface area contributed by atoms with Crippen LogP contribution in [0, 0.1) is 17.8 Å². The third-order valence-electron chi connectivity index (χ3n) is 8.12. The highest BCUT2D eigenvalue weighted by molar-refractivity contribution is 7.14. The zero-order chi connectivity index (χ0) is 26.8. The lowest BCUT2D eigenvalue weighted by Gasteiger charge is -2.26. The van der Waals surface area contributed by atoms with E-state index in [0.717, 1.165) is 54.7 Å². The molecule has 3 aliphatic carbocycles. The van der Waals surface area contributed by atoms with E-state index in [1.54, 1.807) is 0 Å². The summed E-state index contributed by atoms with van der Waals surface area (Å²) >= 11 is 1.46. The Balaban J connectivity index is 1.23. The predicted molar refractivity (Wildman–Crippen MR) is 152 cm³/mol. The van der Waals surface area contributed by atoms with Crippen molar-refractivity contribution in [1.29, 1.82) is 0 Å². The number of anilines is 1. The van der Waals surface area contributed by atoms with Crippen molar-refractivity contribution in [2.75, 3.05) is 11.5 Å². The SMILES string of the molecule is O=C(O)CC(CC1CCCC1)C(=O)N(c1nc(-c2ccccc2-c2ccc(OCC3CC3)nc2)cs1)C1CC1. The highest BCUT2D eigenvalue weighted by atomic mass is 32.1. The third kappa shape index (κ3) is 6.32. The molecule has 39 heavy (non-hydrogen) atoms. The Morgan fingerprint density at radius 2 is 1.77 bits per heavy atom. The Bertz CT molecular complexity index is 1310. The number of aromatic nitrogens is 2. The molecule has 1 aromatic carbocycles. The number of hydrogen-bond acceptors (Lipinski definition) is 6. The van der Waals surface area contributed by atoms with Crippen molar-refractivity contribution in [2.24, 2.45) is 17.8 Å². The fourth-order valence-electron chi connectivity index (χ4n) is 5.66. The van der Waals surface area contributed by atoms with Crippen LogP contribution < -0.4 is 9.64 Å². The molecule has 1 amide bonds. The van der Waals surface area contributed by atoms with Gasteiger partial charge in [0.15, 0.2) is 5.13 Å². The van der Waals surface area contributed by atoms with Crippen LogP contribution in [0.4, 0.5) is 5.13 Å². The molecule has 0 radical (unpaired) electrons. The van der Waals surface area contributed by atoms with E-state index in [2.05, 4.69) is 11.1 Å². The van der Waals surface area contributed by atoms with Crippen molar-refractivity contribution in [3.8, 4) is 28.3 Å². The average Bonchev–Trinajstić information content (AvgIpc) is 3.85. The van der Waals surface area contributed by atoms with Crippen molar-refractivity contribution in [3.63, 3.8) is 0 Å². The number of aliphatic carboxylic acids is 1. The number of thiazole rings is 1. The largest absolute Gasteiger partial charge is 0.481 e. The van der Waals surface area contributed by atoms with E-state index >= 15 is 0 Å². The average molecular weight is 546 g/mol. The van der Waals surface area contributed by atoms with Crippen molar-refractivity contribution in [3.05, 3.63) is 48.0 Å². The minimum atomic E-state index is -0.909. The predicted octanol–water partition coefficient (Wildman–Crippen LogP) is 6.83. The number of carbonyl (C=O) groups excluding carboxylic acids is 1. The lowest BCUT2D eigenvalue weighted by molar-refractivity contribution is -0.141. The minimum Gasteiger partial charge on any atom is -0.481 e. The normalized spacial score (nSPS) is 18.2. The molecule has 0 saturated heterocycles. The van der Waals surface area contributed by atoms with E-state index in [1.165, 1.54) is 37.0 Å². The summed E-state index contributed by atoms with van der Waals surface area (Å²) in [6, 6.07) is 12.2. The quantitative estimate of drug-likeness (QED) is 0.268. The van der Waals surface area contributed by atoms with Crippen molar-refractivity contribution < 1.29 is 19.4 Å². The second-order valence-corrected chi connectivity index (χ2v) is 12.2. The van der Waals surface area contributed by atoms with Crippen LogP contribution >= 0.6 is 11.3 Å². The molecule has 1 unspecified atom stereocenters. The van der Waals surface area contributed by atoms with Crippen LogP contribution in [0.1, 0.15) is 64.2 Å². The molecule has 1 atom stereocenters. The van der Waals surface area contributed by atoms with Gasteiger partial charge in [0.2, 0.25) is 11.8 Å². The van der Waals surface area contributed by atoms with Gasteiger partial charge in [-0.15, -0.1) is 11.3 Å². The standard InChI is InChI=1S/C31H35N3O4S/c35-29(36)16-23(15-20-5-1-2-6-20)30(37)34(24-12-13-24)31-33-27(19-39-31)26-8-4-3-7-25(26)22-11-14-28(32-17-22)38-18-21-9-10-21/h3-4,7-8,11,14,17,19-21,23-24H,1-2,5-6,9-10,12-13,15-16,18H2,(H,35,36). The first kappa shape index (κ1) is 26.0. The molecule has 0 bridgehead atoms. The molecule has 8 heteroatoms. The van der Waals surface area contributed by atoms with Gasteiger partial charge in [-0.1, -0.05) is 49.9 Å². The van der Waals surface area contributed by atoms with Crippen LogP contribution in [0.5, 0.6) is 5.88 Å². The molecule has 0 spiro atoms. The number of rotatable bonds is 12. The number of hydrogen-bond donors (Lipinski definition) is 1. The number of nitrogens with zero attached hydrogens (tertiary/aromatic N) is 3. The van der Waals surface area contributed by atoms with Crippen LogP contribution in [-0.4, -0.2) is 39.6 Å². The number of benzene rings is 1. The molecular formula is C31H35N3O4S. The van der Waals surface area contributed by atoms with Gasteiger partial charge in [0, 0.05) is 40.7 Å². The summed E-state index contributed by atoms with van der Waals surface area (Å²) in [7, 11) is 0. The number of ether oxygens (including phenoxy) is 1. The Kier molecular flexibility index (Phi) is 7.64. The number of carbonyl (C=O) groups is 2. The number of pyridine rings is 1. The van der Waals surface area contributed by atoms with E-state index in [1.807, 2.05) is 46.8 Å². The summed E-state index contributed by atoms with van der Waals surface area (Å²) in [6.45, 7) is 0.731. The van der Waals surface area contributed by atoms with Gasteiger partial charge >= 0.3 is 5.97 Å². The first-order chi connectivity index (χ1) is 19.0. The Morgan fingerprint density at radius 1 is 1.00 bits per heavy atom. The molecule has 2 aromatic heterocycles. The highest BCUT2D eigenvalue weighted by Gasteiger charge is 2.40. The van der Waals surface area contributed by atoms with Crippen LogP contribution in [0.25, 0.3) is 22.4 Å². The molecule has 7 nitrogen and oxygen atoms in total. The first-order valence-corrected chi connectivity index (χ1v) is 15.1. The van der Waals surface area contributed by atoms with Crippen LogP contribution in [-0.2, 0) is 9.59 Å².